The Morgan fingerprint density at radius 1 is 0.981 bits per heavy atom. The van der Waals surface area contributed by atoms with E-state index < -0.39 is 17.5 Å². The first-order valence-corrected chi connectivity index (χ1v) is 19.0. The summed E-state index contributed by atoms with van der Waals surface area (Å²) in [4.78, 5) is 31.6. The normalized spacial score (nSPS) is 20.5. The highest BCUT2D eigenvalue weighted by atomic mass is 19.3. The van der Waals surface area contributed by atoms with E-state index in [-0.39, 0.29) is 11.8 Å². The molecule has 0 atom stereocenters. The number of amides is 2. The summed E-state index contributed by atoms with van der Waals surface area (Å²) in [6, 6.07) is 17.7. The minimum Gasteiger partial charge on any atom is -0.494 e. The number of hydrogen-bond acceptors (Lipinski definition) is 7. The van der Waals surface area contributed by atoms with E-state index in [1.807, 2.05) is 42.6 Å². The van der Waals surface area contributed by atoms with Gasteiger partial charge in [-0.2, -0.15) is 13.9 Å². The lowest BCUT2D eigenvalue weighted by atomic mass is 9.57. The highest BCUT2D eigenvalue weighted by Gasteiger charge is 2.45. The highest BCUT2D eigenvalue weighted by Crippen LogP contribution is 2.53. The minimum absolute atomic E-state index is 0.0975. The van der Waals surface area contributed by atoms with Crippen LogP contribution in [-0.2, 0) is 17.3 Å². The summed E-state index contributed by atoms with van der Waals surface area (Å²) in [6.07, 6.45) is 12.3. The van der Waals surface area contributed by atoms with Crippen molar-refractivity contribution in [1.82, 2.24) is 25.0 Å². The molecule has 0 bridgehead atoms. The Labute approximate surface area is 309 Å². The number of methoxy groups -OCH3 is 1. The molecule has 12 heteroatoms. The Hall–Kier alpha value is -4.58. The van der Waals surface area contributed by atoms with Crippen molar-refractivity contribution in [2.24, 2.45) is 17.3 Å². The largest absolute Gasteiger partial charge is 0.494 e. The van der Waals surface area contributed by atoms with Crippen molar-refractivity contribution in [2.45, 2.75) is 83.3 Å². The molecule has 7 rings (SSSR count). The van der Waals surface area contributed by atoms with Crippen molar-refractivity contribution in [2.75, 3.05) is 38.6 Å². The van der Waals surface area contributed by atoms with Gasteiger partial charge in [-0.25, -0.2) is 9.78 Å². The van der Waals surface area contributed by atoms with E-state index >= 15 is 0 Å². The second kappa shape index (κ2) is 15.8. The Bertz CT molecular complexity index is 1870. The summed E-state index contributed by atoms with van der Waals surface area (Å²) in [5.41, 5.74) is 2.13. The van der Waals surface area contributed by atoms with Gasteiger partial charge in [0.2, 0.25) is 0 Å². The number of ether oxygens (including phenoxy) is 2. The molecule has 2 aliphatic carbocycles. The van der Waals surface area contributed by atoms with Gasteiger partial charge >= 0.3 is 6.09 Å². The second-order valence-electron chi connectivity index (χ2n) is 15.5. The third-order valence-electron chi connectivity index (χ3n) is 11.6. The Morgan fingerprint density at radius 2 is 1.74 bits per heavy atom. The molecule has 1 saturated heterocycles. The third kappa shape index (κ3) is 8.97. The number of carbonyl (C=O) groups excluding carboxylic acids is 2. The molecular formula is C41H50F2N6O4. The van der Waals surface area contributed by atoms with Crippen molar-refractivity contribution >= 4 is 28.6 Å². The average molecular weight is 729 g/mol. The maximum Gasteiger partial charge on any atom is 0.407 e. The summed E-state index contributed by atoms with van der Waals surface area (Å²) in [5.74, 6) is -1.93. The lowest BCUT2D eigenvalue weighted by Gasteiger charge is -2.53. The van der Waals surface area contributed by atoms with Gasteiger partial charge in [-0.15, -0.1) is 0 Å². The van der Waals surface area contributed by atoms with Crippen molar-refractivity contribution in [3.05, 3.63) is 83.8 Å². The van der Waals surface area contributed by atoms with E-state index in [1.54, 1.807) is 6.07 Å². The zero-order valence-electron chi connectivity index (χ0n) is 30.7. The van der Waals surface area contributed by atoms with Crippen LogP contribution < -0.4 is 15.4 Å². The maximum atomic E-state index is 13.8. The number of nitrogens with zero attached hydrogens (tertiary/aromatic N) is 4. The topological polar surface area (TPSA) is 111 Å². The number of carbonyl (C=O) groups is 2. The molecule has 0 radical (unpaired) electrons. The van der Waals surface area contributed by atoms with Crippen LogP contribution in [0.15, 0.2) is 66.9 Å². The number of benzene rings is 2. The van der Waals surface area contributed by atoms with Crippen LogP contribution in [-0.4, -0.2) is 65.0 Å². The van der Waals surface area contributed by atoms with Gasteiger partial charge in [0, 0.05) is 37.7 Å². The molecule has 2 aromatic carbocycles. The molecule has 2 amide bonds. The number of nitrogens with one attached hydrogen (secondary N) is 2. The number of pyridine rings is 1. The number of alkyl halides is 2. The molecule has 1 spiro atoms. The fourth-order valence-electron chi connectivity index (χ4n) is 8.61. The molecule has 53 heavy (non-hydrogen) atoms. The first-order valence-electron chi connectivity index (χ1n) is 19.0. The molecule has 1 aliphatic heterocycles. The number of likely N-dealkylation sites (tertiary alicyclic amines) is 1. The SMILES string of the molecule is COc1cc2nn(C3CCC(CN4CCC5(CC4)CC(CCNC(=O)OCc4ccccc4)C5)CC3)cc2cc1NC(=O)c1cccc(C(C)(F)F)n1. The fourth-order valence-corrected chi connectivity index (χ4v) is 8.61. The van der Waals surface area contributed by atoms with Gasteiger partial charge in [-0.3, -0.25) is 9.48 Å². The second-order valence-corrected chi connectivity index (χ2v) is 15.5. The average Bonchev–Trinajstić information content (AvgIpc) is 3.57. The van der Waals surface area contributed by atoms with Crippen LogP contribution in [0.5, 0.6) is 5.75 Å². The van der Waals surface area contributed by atoms with Gasteiger partial charge in [-0.05, 0) is 112 Å². The Kier molecular flexibility index (Phi) is 11.0. The van der Waals surface area contributed by atoms with E-state index in [1.165, 1.54) is 76.9 Å². The lowest BCUT2D eigenvalue weighted by molar-refractivity contribution is -0.0205. The quantitative estimate of drug-likeness (QED) is 0.151. The Morgan fingerprint density at radius 3 is 2.45 bits per heavy atom. The molecular weight excluding hydrogens is 678 g/mol. The van der Waals surface area contributed by atoms with Crippen LogP contribution >= 0.6 is 0 Å². The summed E-state index contributed by atoms with van der Waals surface area (Å²) < 4.78 is 40.6. The van der Waals surface area contributed by atoms with Gasteiger partial charge < -0.3 is 25.0 Å². The molecule has 0 unspecified atom stereocenters. The molecule has 3 heterocycles. The molecule has 3 aliphatic rings. The van der Waals surface area contributed by atoms with Crippen LogP contribution in [0, 0.1) is 17.3 Å². The van der Waals surface area contributed by atoms with Crippen LogP contribution in [0.1, 0.15) is 92.5 Å². The number of hydrogen-bond donors (Lipinski definition) is 2. The molecule has 3 fully saturated rings. The first kappa shape index (κ1) is 36.8. The fraction of sp³-hybridized carbons (Fsp3) is 0.512. The van der Waals surface area contributed by atoms with E-state index in [0.29, 0.717) is 47.9 Å². The van der Waals surface area contributed by atoms with Gasteiger partial charge in [0.1, 0.15) is 23.7 Å². The maximum absolute atomic E-state index is 13.8. The molecule has 2 aromatic heterocycles. The lowest BCUT2D eigenvalue weighted by Crippen LogP contribution is -2.48. The number of fused-ring (bicyclic) bond motifs is 1. The summed E-state index contributed by atoms with van der Waals surface area (Å²) in [7, 11) is 1.52. The zero-order valence-corrected chi connectivity index (χ0v) is 30.7. The van der Waals surface area contributed by atoms with E-state index in [4.69, 9.17) is 14.6 Å². The minimum atomic E-state index is -3.15. The number of anilines is 1. The first-order chi connectivity index (χ1) is 25.6. The summed E-state index contributed by atoms with van der Waals surface area (Å²) in [6.45, 7) is 5.24. The molecule has 4 aromatic rings. The Balaban J connectivity index is 0.832. The van der Waals surface area contributed by atoms with Crippen LogP contribution in [0.4, 0.5) is 19.3 Å². The molecule has 2 N–H and O–H groups in total. The predicted octanol–water partition coefficient (Wildman–Crippen LogP) is 8.34. The molecule has 10 nitrogen and oxygen atoms in total. The smallest absolute Gasteiger partial charge is 0.407 e. The van der Waals surface area contributed by atoms with E-state index in [9.17, 15) is 18.4 Å². The number of aromatic nitrogens is 3. The van der Waals surface area contributed by atoms with Gasteiger partial charge in [0.15, 0.2) is 0 Å². The van der Waals surface area contributed by atoms with Gasteiger partial charge in [0.25, 0.3) is 11.8 Å². The number of rotatable bonds is 12. The number of alkyl carbamates (subject to hydrolysis) is 1. The van der Waals surface area contributed by atoms with Gasteiger partial charge in [-0.1, -0.05) is 36.4 Å². The standard InChI is InChI=1S/C41H50F2N6O4/c1-40(42,43)37-10-6-9-33(45-37)38(50)46-35-21-31-26-49(47-34(31)22-36(35)52-2)32-13-11-28(12-14-32)25-48-19-16-41(17-20-48)23-30(24-41)15-18-44-39(51)53-27-29-7-4-3-5-8-29/h3-10,21-22,26,28,30,32H,11-20,23-25,27H2,1-2H3,(H,44,51)(H,46,50). The summed E-state index contributed by atoms with van der Waals surface area (Å²) >= 11 is 0. The van der Waals surface area contributed by atoms with Gasteiger partial charge in [0.05, 0.1) is 24.4 Å². The zero-order chi connectivity index (χ0) is 37.0. The van der Waals surface area contributed by atoms with E-state index in [0.717, 1.165) is 49.2 Å². The summed E-state index contributed by atoms with van der Waals surface area (Å²) in [5, 5.41) is 11.5. The number of piperidine rings is 1. The molecule has 282 valence electrons. The monoisotopic (exact) mass is 728 g/mol. The van der Waals surface area contributed by atoms with E-state index in [2.05, 4.69) is 25.2 Å². The van der Waals surface area contributed by atoms with Crippen molar-refractivity contribution in [1.29, 1.82) is 0 Å². The third-order valence-corrected chi connectivity index (χ3v) is 11.6. The number of halogens is 2. The van der Waals surface area contributed by atoms with Crippen LogP contribution in [0.2, 0.25) is 0 Å². The van der Waals surface area contributed by atoms with Crippen molar-refractivity contribution < 1.29 is 27.8 Å². The van der Waals surface area contributed by atoms with Crippen molar-refractivity contribution in [3.63, 3.8) is 0 Å². The van der Waals surface area contributed by atoms with Crippen molar-refractivity contribution in [3.8, 4) is 5.75 Å². The predicted molar refractivity (Wildman–Crippen MR) is 199 cm³/mol. The van der Waals surface area contributed by atoms with Crippen LogP contribution in [0.25, 0.3) is 10.9 Å². The molecule has 2 saturated carbocycles. The highest BCUT2D eigenvalue weighted by molar-refractivity contribution is 6.05. The van der Waals surface area contributed by atoms with Crippen LogP contribution in [0.3, 0.4) is 0 Å².